The van der Waals surface area contributed by atoms with Crippen LogP contribution in [0, 0.1) is 0 Å². The lowest BCUT2D eigenvalue weighted by Crippen LogP contribution is -2.26. The quantitative estimate of drug-likeness (QED) is 0.891. The molecule has 0 atom stereocenters. The van der Waals surface area contributed by atoms with Crippen LogP contribution in [-0.2, 0) is 0 Å². The zero-order valence-corrected chi connectivity index (χ0v) is 11.0. The number of aromatic nitrogens is 4. The van der Waals surface area contributed by atoms with Crippen LogP contribution in [0.3, 0.4) is 0 Å². The molecule has 5 nitrogen and oxygen atoms in total. The van der Waals surface area contributed by atoms with Crippen LogP contribution in [0.15, 0.2) is 12.5 Å². The Hall–Kier alpha value is -1.36. The summed E-state index contributed by atoms with van der Waals surface area (Å²) < 4.78 is 0. The van der Waals surface area contributed by atoms with Crippen LogP contribution in [0.4, 0.5) is 5.82 Å². The Bertz CT molecular complexity index is 450. The molecule has 2 rings (SSSR count). The van der Waals surface area contributed by atoms with Crippen molar-refractivity contribution >= 4 is 29.3 Å². The minimum absolute atomic E-state index is 0. The fourth-order valence-corrected chi connectivity index (χ4v) is 1.87. The molecule has 0 radical (unpaired) electrons. The summed E-state index contributed by atoms with van der Waals surface area (Å²) in [6, 6.07) is 0. The number of rotatable bonds is 5. The smallest absolute Gasteiger partial charge is 0.160 e. The molecule has 0 aliphatic heterocycles. The minimum atomic E-state index is 0. The third-order valence-electron chi connectivity index (χ3n) is 2.51. The predicted molar refractivity (Wildman–Crippen MR) is 71.7 cm³/mol. The molecule has 0 unspecified atom stereocenters. The van der Waals surface area contributed by atoms with E-state index in [4.69, 9.17) is 0 Å². The van der Waals surface area contributed by atoms with Crippen molar-refractivity contribution in [3.8, 4) is 0 Å². The van der Waals surface area contributed by atoms with Crippen molar-refractivity contribution in [3.63, 3.8) is 0 Å². The first kappa shape index (κ1) is 13.7. The molecule has 1 N–H and O–H groups in total. The van der Waals surface area contributed by atoms with Crippen molar-refractivity contribution in [3.05, 3.63) is 12.5 Å². The molecule has 0 spiro atoms. The maximum absolute atomic E-state index is 4.37. The largest absolute Gasteiger partial charge is 0.356 e. The summed E-state index contributed by atoms with van der Waals surface area (Å²) >= 11 is 0. The average Bonchev–Trinajstić information content (AvgIpc) is 2.76. The highest BCUT2D eigenvalue weighted by Gasteiger charge is 2.11. The van der Waals surface area contributed by atoms with Gasteiger partial charge in [-0.2, -0.15) is 5.10 Å². The van der Waals surface area contributed by atoms with Gasteiger partial charge in [0.25, 0.3) is 0 Å². The van der Waals surface area contributed by atoms with Crippen molar-refractivity contribution < 1.29 is 0 Å². The highest BCUT2D eigenvalue weighted by Crippen LogP contribution is 2.21. The Kier molecular flexibility index (Phi) is 5.15. The SMILES string of the molecule is CCCN(CCC)c1ncnc2[nH]ncc12.Cl. The molecule has 2 heterocycles. The van der Waals surface area contributed by atoms with E-state index in [0.717, 1.165) is 42.8 Å². The first-order chi connectivity index (χ1) is 7.86. The Morgan fingerprint density at radius 2 is 1.88 bits per heavy atom. The minimum Gasteiger partial charge on any atom is -0.356 e. The van der Waals surface area contributed by atoms with Crippen molar-refractivity contribution in [1.29, 1.82) is 0 Å². The highest BCUT2D eigenvalue weighted by molar-refractivity contribution is 5.86. The Morgan fingerprint density at radius 1 is 1.18 bits per heavy atom. The van der Waals surface area contributed by atoms with Gasteiger partial charge in [0.05, 0.1) is 11.6 Å². The number of nitrogens with zero attached hydrogens (tertiary/aromatic N) is 4. The van der Waals surface area contributed by atoms with E-state index in [0.29, 0.717) is 0 Å². The average molecular weight is 256 g/mol. The summed E-state index contributed by atoms with van der Waals surface area (Å²) in [5.41, 5.74) is 0.808. The van der Waals surface area contributed by atoms with E-state index in [1.54, 1.807) is 12.5 Å². The molecule has 0 amide bonds. The molecule has 6 heteroatoms. The van der Waals surface area contributed by atoms with Crippen molar-refractivity contribution in [2.24, 2.45) is 0 Å². The number of hydrogen-bond donors (Lipinski definition) is 1. The summed E-state index contributed by atoms with van der Waals surface area (Å²) in [6.45, 7) is 6.39. The van der Waals surface area contributed by atoms with E-state index < -0.39 is 0 Å². The molecule has 0 saturated heterocycles. The second kappa shape index (κ2) is 6.39. The normalized spacial score (nSPS) is 10.2. The van der Waals surface area contributed by atoms with E-state index in [1.165, 1.54) is 0 Å². The fourth-order valence-electron chi connectivity index (χ4n) is 1.87. The summed E-state index contributed by atoms with van der Waals surface area (Å²) in [6.07, 6.45) is 5.61. The summed E-state index contributed by atoms with van der Waals surface area (Å²) in [7, 11) is 0. The molecule has 0 aliphatic carbocycles. The van der Waals surface area contributed by atoms with E-state index in [-0.39, 0.29) is 12.4 Å². The zero-order chi connectivity index (χ0) is 11.4. The molecule has 0 fully saturated rings. The Labute approximate surface area is 107 Å². The maximum Gasteiger partial charge on any atom is 0.160 e. The van der Waals surface area contributed by atoms with E-state index in [2.05, 4.69) is 38.9 Å². The molecule has 17 heavy (non-hydrogen) atoms. The van der Waals surface area contributed by atoms with Crippen LogP contribution in [0.5, 0.6) is 0 Å². The van der Waals surface area contributed by atoms with E-state index in [9.17, 15) is 0 Å². The Balaban J connectivity index is 0.00000144. The van der Waals surface area contributed by atoms with Gasteiger partial charge in [-0.05, 0) is 12.8 Å². The van der Waals surface area contributed by atoms with Gasteiger partial charge in [0.1, 0.15) is 12.1 Å². The number of halogens is 1. The van der Waals surface area contributed by atoms with Gasteiger partial charge in [-0.15, -0.1) is 12.4 Å². The second-order valence-electron chi connectivity index (χ2n) is 3.82. The first-order valence-electron chi connectivity index (χ1n) is 5.75. The topological polar surface area (TPSA) is 57.7 Å². The van der Waals surface area contributed by atoms with Gasteiger partial charge in [0, 0.05) is 13.1 Å². The number of anilines is 1. The number of aromatic amines is 1. The lowest BCUT2D eigenvalue weighted by molar-refractivity contribution is 0.736. The zero-order valence-electron chi connectivity index (χ0n) is 10.2. The van der Waals surface area contributed by atoms with Crippen molar-refractivity contribution in [1.82, 2.24) is 20.2 Å². The van der Waals surface area contributed by atoms with Gasteiger partial charge in [-0.25, -0.2) is 9.97 Å². The van der Waals surface area contributed by atoms with Gasteiger partial charge < -0.3 is 4.90 Å². The molecule has 0 saturated carbocycles. The molecule has 0 aliphatic rings. The van der Waals surface area contributed by atoms with Crippen LogP contribution in [-0.4, -0.2) is 33.3 Å². The van der Waals surface area contributed by atoms with Crippen LogP contribution < -0.4 is 4.90 Å². The summed E-state index contributed by atoms with van der Waals surface area (Å²) in [4.78, 5) is 10.8. The van der Waals surface area contributed by atoms with Crippen LogP contribution in [0.1, 0.15) is 26.7 Å². The number of H-pyrrole nitrogens is 1. The molecule has 2 aromatic rings. The monoisotopic (exact) mass is 255 g/mol. The lowest BCUT2D eigenvalue weighted by Gasteiger charge is -2.22. The molecule has 0 bridgehead atoms. The molecule has 2 aromatic heterocycles. The number of nitrogens with one attached hydrogen (secondary N) is 1. The van der Waals surface area contributed by atoms with Crippen LogP contribution in [0.2, 0.25) is 0 Å². The van der Waals surface area contributed by atoms with Gasteiger partial charge in [-0.3, -0.25) is 5.10 Å². The van der Waals surface area contributed by atoms with Crippen LogP contribution in [0.25, 0.3) is 11.0 Å². The number of fused-ring (bicyclic) bond motifs is 1. The maximum atomic E-state index is 4.37. The predicted octanol–water partition coefficient (Wildman–Crippen LogP) is 2.40. The van der Waals surface area contributed by atoms with Crippen molar-refractivity contribution in [2.45, 2.75) is 26.7 Å². The summed E-state index contributed by atoms with van der Waals surface area (Å²) in [5, 5.41) is 7.89. The first-order valence-corrected chi connectivity index (χ1v) is 5.75. The standard InChI is InChI=1S/C11H17N5.ClH/c1-3-5-16(6-4-2)11-9-7-14-15-10(9)12-8-13-11;/h7-8H,3-6H2,1-2H3,(H,12,13,14,15);1H. The number of hydrogen-bond acceptors (Lipinski definition) is 4. The van der Waals surface area contributed by atoms with Crippen LogP contribution >= 0.6 is 12.4 Å². The molecular formula is C11H18ClN5. The van der Waals surface area contributed by atoms with Gasteiger partial charge in [0.15, 0.2) is 5.65 Å². The fraction of sp³-hybridized carbons (Fsp3) is 0.545. The van der Waals surface area contributed by atoms with Gasteiger partial charge >= 0.3 is 0 Å². The third-order valence-corrected chi connectivity index (χ3v) is 2.51. The van der Waals surface area contributed by atoms with E-state index in [1.807, 2.05) is 0 Å². The van der Waals surface area contributed by atoms with Crippen molar-refractivity contribution in [2.75, 3.05) is 18.0 Å². The highest BCUT2D eigenvalue weighted by atomic mass is 35.5. The second-order valence-corrected chi connectivity index (χ2v) is 3.82. The molecule has 94 valence electrons. The third kappa shape index (κ3) is 2.85. The summed E-state index contributed by atoms with van der Waals surface area (Å²) in [5.74, 6) is 0.988. The lowest BCUT2D eigenvalue weighted by atomic mass is 10.3. The van der Waals surface area contributed by atoms with Gasteiger partial charge in [0.2, 0.25) is 0 Å². The molecule has 0 aromatic carbocycles. The van der Waals surface area contributed by atoms with E-state index >= 15 is 0 Å². The molecular weight excluding hydrogens is 238 g/mol. The van der Waals surface area contributed by atoms with Gasteiger partial charge in [-0.1, -0.05) is 13.8 Å². The Morgan fingerprint density at radius 3 is 2.53 bits per heavy atom.